The standard InChI is InChI=1S/C15H14N2O3S/c1-8-12-9(2)16-17(14(12)21-13(8)15(18)19)10-4-6-11(20-3)7-5-10/h4-7H,1-3H3,(H,18,19). The quantitative estimate of drug-likeness (QED) is 0.805. The van der Waals surface area contributed by atoms with E-state index in [-0.39, 0.29) is 0 Å². The second-order valence-electron chi connectivity index (χ2n) is 4.74. The highest BCUT2D eigenvalue weighted by molar-refractivity contribution is 7.20. The number of carboxylic acids is 1. The van der Waals surface area contributed by atoms with Crippen LogP contribution in [0, 0.1) is 13.8 Å². The van der Waals surface area contributed by atoms with E-state index in [4.69, 9.17) is 4.74 Å². The van der Waals surface area contributed by atoms with E-state index in [0.717, 1.165) is 32.9 Å². The fourth-order valence-electron chi connectivity index (χ4n) is 2.42. The highest BCUT2D eigenvalue weighted by atomic mass is 32.1. The number of methoxy groups -OCH3 is 1. The van der Waals surface area contributed by atoms with Crippen molar-refractivity contribution in [3.63, 3.8) is 0 Å². The van der Waals surface area contributed by atoms with Crippen LogP contribution in [-0.2, 0) is 0 Å². The first kappa shape index (κ1) is 13.6. The van der Waals surface area contributed by atoms with Crippen molar-refractivity contribution >= 4 is 27.5 Å². The minimum Gasteiger partial charge on any atom is -0.497 e. The normalized spacial score (nSPS) is 11.0. The van der Waals surface area contributed by atoms with Gasteiger partial charge in [0.15, 0.2) is 0 Å². The number of aromatic nitrogens is 2. The maximum Gasteiger partial charge on any atom is 0.346 e. The molecule has 0 radical (unpaired) electrons. The van der Waals surface area contributed by atoms with Crippen LogP contribution < -0.4 is 4.74 Å². The van der Waals surface area contributed by atoms with Gasteiger partial charge in [-0.3, -0.25) is 0 Å². The number of hydrogen-bond acceptors (Lipinski definition) is 4. The van der Waals surface area contributed by atoms with Crippen LogP contribution in [-0.4, -0.2) is 28.0 Å². The molecule has 6 heteroatoms. The van der Waals surface area contributed by atoms with Gasteiger partial charge in [-0.25, -0.2) is 9.48 Å². The van der Waals surface area contributed by atoms with Crippen LogP contribution in [0.2, 0.25) is 0 Å². The summed E-state index contributed by atoms with van der Waals surface area (Å²) in [5, 5.41) is 14.7. The molecule has 0 atom stereocenters. The first-order valence-corrected chi connectivity index (χ1v) is 7.21. The zero-order chi connectivity index (χ0) is 15.1. The van der Waals surface area contributed by atoms with Crippen LogP contribution in [0.4, 0.5) is 0 Å². The first-order chi connectivity index (χ1) is 10.0. The lowest BCUT2D eigenvalue weighted by Crippen LogP contribution is -1.97. The first-order valence-electron chi connectivity index (χ1n) is 6.39. The fourth-order valence-corrected chi connectivity index (χ4v) is 3.59. The molecule has 0 saturated carbocycles. The van der Waals surface area contributed by atoms with Gasteiger partial charge in [0, 0.05) is 5.39 Å². The van der Waals surface area contributed by atoms with Gasteiger partial charge in [-0.05, 0) is 43.7 Å². The van der Waals surface area contributed by atoms with Gasteiger partial charge in [0.1, 0.15) is 15.5 Å². The Morgan fingerprint density at radius 2 is 1.95 bits per heavy atom. The van der Waals surface area contributed by atoms with Gasteiger partial charge in [0.2, 0.25) is 0 Å². The van der Waals surface area contributed by atoms with E-state index in [1.807, 2.05) is 38.1 Å². The number of aromatic carboxylic acids is 1. The van der Waals surface area contributed by atoms with Crippen molar-refractivity contribution < 1.29 is 14.6 Å². The van der Waals surface area contributed by atoms with Gasteiger partial charge in [0.05, 0.1) is 18.5 Å². The molecule has 2 heterocycles. The van der Waals surface area contributed by atoms with Crippen molar-refractivity contribution in [3.8, 4) is 11.4 Å². The van der Waals surface area contributed by atoms with Crippen molar-refractivity contribution in [1.82, 2.24) is 9.78 Å². The second kappa shape index (κ2) is 4.89. The summed E-state index contributed by atoms with van der Waals surface area (Å²) in [4.78, 5) is 12.5. The van der Waals surface area contributed by atoms with Gasteiger partial charge >= 0.3 is 5.97 Å². The molecule has 3 rings (SSSR count). The molecule has 1 N–H and O–H groups in total. The lowest BCUT2D eigenvalue weighted by molar-refractivity contribution is 0.0701. The monoisotopic (exact) mass is 302 g/mol. The number of aryl methyl sites for hydroxylation is 2. The molecule has 0 saturated heterocycles. The molecule has 2 aromatic heterocycles. The van der Waals surface area contributed by atoms with E-state index in [1.165, 1.54) is 11.3 Å². The average Bonchev–Trinajstić information content (AvgIpc) is 2.98. The third-order valence-electron chi connectivity index (χ3n) is 3.44. The van der Waals surface area contributed by atoms with Gasteiger partial charge in [0.25, 0.3) is 0 Å². The third kappa shape index (κ3) is 2.08. The minimum absolute atomic E-state index is 0.368. The highest BCUT2D eigenvalue weighted by Gasteiger charge is 2.20. The van der Waals surface area contributed by atoms with Crippen LogP contribution in [0.3, 0.4) is 0 Å². The summed E-state index contributed by atoms with van der Waals surface area (Å²) in [6.07, 6.45) is 0. The zero-order valence-electron chi connectivity index (χ0n) is 11.9. The molecule has 21 heavy (non-hydrogen) atoms. The SMILES string of the molecule is COc1ccc(-n2nc(C)c3c(C)c(C(=O)O)sc32)cc1. The van der Waals surface area contributed by atoms with Crippen molar-refractivity contribution in [1.29, 1.82) is 0 Å². The predicted octanol–water partition coefficient (Wildman–Crippen LogP) is 3.41. The number of fused-ring (bicyclic) bond motifs is 1. The molecule has 0 spiro atoms. The van der Waals surface area contributed by atoms with Crippen LogP contribution in [0.5, 0.6) is 5.75 Å². The van der Waals surface area contributed by atoms with Gasteiger partial charge in [-0.1, -0.05) is 0 Å². The number of carboxylic acid groups (broad SMARTS) is 1. The van der Waals surface area contributed by atoms with Gasteiger partial charge < -0.3 is 9.84 Å². The van der Waals surface area contributed by atoms with Crippen LogP contribution in [0.25, 0.3) is 15.9 Å². The maximum absolute atomic E-state index is 11.3. The molecule has 0 aliphatic carbocycles. The molecule has 1 aromatic carbocycles. The summed E-state index contributed by atoms with van der Waals surface area (Å²) >= 11 is 1.25. The Labute approximate surface area is 125 Å². The number of ether oxygens (including phenoxy) is 1. The summed E-state index contributed by atoms with van der Waals surface area (Å²) in [6, 6.07) is 7.52. The molecule has 0 aliphatic heterocycles. The van der Waals surface area contributed by atoms with E-state index >= 15 is 0 Å². The summed E-state index contributed by atoms with van der Waals surface area (Å²) in [5.41, 5.74) is 2.49. The summed E-state index contributed by atoms with van der Waals surface area (Å²) in [5.74, 6) is -0.123. The number of carbonyl (C=O) groups is 1. The third-order valence-corrected chi connectivity index (χ3v) is 4.70. The maximum atomic E-state index is 11.3. The Balaban J connectivity index is 2.22. The molecule has 108 valence electrons. The molecule has 0 amide bonds. The second-order valence-corrected chi connectivity index (χ2v) is 5.74. The van der Waals surface area contributed by atoms with Crippen molar-refractivity contribution in [2.45, 2.75) is 13.8 Å². The molecule has 5 nitrogen and oxygen atoms in total. The molecule has 0 bridgehead atoms. The van der Waals surface area contributed by atoms with Crippen LogP contribution >= 0.6 is 11.3 Å². The number of hydrogen-bond donors (Lipinski definition) is 1. The Morgan fingerprint density at radius 1 is 1.29 bits per heavy atom. The minimum atomic E-state index is -0.894. The molecular weight excluding hydrogens is 288 g/mol. The van der Waals surface area contributed by atoms with Gasteiger partial charge in [-0.15, -0.1) is 11.3 Å². The summed E-state index contributed by atoms with van der Waals surface area (Å²) in [7, 11) is 1.62. The lowest BCUT2D eigenvalue weighted by Gasteiger charge is -2.03. The number of thiophene rings is 1. The van der Waals surface area contributed by atoms with E-state index in [2.05, 4.69) is 5.10 Å². The Kier molecular flexibility index (Phi) is 3.17. The Hall–Kier alpha value is -2.34. The van der Waals surface area contributed by atoms with Crippen molar-refractivity contribution in [2.24, 2.45) is 0 Å². The fraction of sp³-hybridized carbons (Fsp3) is 0.200. The summed E-state index contributed by atoms with van der Waals surface area (Å²) in [6.45, 7) is 3.73. The smallest absolute Gasteiger partial charge is 0.346 e. The molecule has 0 aliphatic rings. The van der Waals surface area contributed by atoms with E-state index < -0.39 is 5.97 Å². The average molecular weight is 302 g/mol. The molecular formula is C15H14N2O3S. The topological polar surface area (TPSA) is 64.4 Å². The van der Waals surface area contributed by atoms with E-state index in [0.29, 0.717) is 4.88 Å². The van der Waals surface area contributed by atoms with Crippen LogP contribution in [0.1, 0.15) is 20.9 Å². The van der Waals surface area contributed by atoms with Crippen molar-refractivity contribution in [2.75, 3.05) is 7.11 Å². The Bertz CT molecular complexity index is 831. The molecule has 0 unspecified atom stereocenters. The van der Waals surface area contributed by atoms with Crippen LogP contribution in [0.15, 0.2) is 24.3 Å². The molecule has 0 fully saturated rings. The van der Waals surface area contributed by atoms with E-state index in [1.54, 1.807) is 11.8 Å². The Morgan fingerprint density at radius 3 is 2.52 bits per heavy atom. The van der Waals surface area contributed by atoms with Crippen molar-refractivity contribution in [3.05, 3.63) is 40.4 Å². The highest BCUT2D eigenvalue weighted by Crippen LogP contribution is 2.34. The van der Waals surface area contributed by atoms with Gasteiger partial charge in [-0.2, -0.15) is 5.10 Å². The molecule has 3 aromatic rings. The lowest BCUT2D eigenvalue weighted by atomic mass is 10.2. The number of nitrogens with zero attached hydrogens (tertiary/aromatic N) is 2. The summed E-state index contributed by atoms with van der Waals surface area (Å²) < 4.78 is 6.93. The largest absolute Gasteiger partial charge is 0.497 e. The number of rotatable bonds is 3. The van der Waals surface area contributed by atoms with E-state index in [9.17, 15) is 9.90 Å². The number of benzene rings is 1. The predicted molar refractivity (Wildman–Crippen MR) is 81.9 cm³/mol. The zero-order valence-corrected chi connectivity index (χ0v) is 12.7.